The van der Waals surface area contributed by atoms with Gasteiger partial charge < -0.3 is 4.98 Å². The van der Waals surface area contributed by atoms with E-state index < -0.39 is 0 Å². The first-order valence-corrected chi connectivity index (χ1v) is 14.3. The normalized spacial score (nSPS) is 18.7. The predicted octanol–water partition coefficient (Wildman–Crippen LogP) is 5.68. The van der Waals surface area contributed by atoms with Crippen molar-refractivity contribution in [2.75, 3.05) is 13.1 Å². The maximum absolute atomic E-state index is 13.7. The van der Waals surface area contributed by atoms with Gasteiger partial charge in [-0.3, -0.25) is 9.69 Å². The summed E-state index contributed by atoms with van der Waals surface area (Å²) in [6, 6.07) is 17.2. The van der Waals surface area contributed by atoms with Gasteiger partial charge in [-0.05, 0) is 104 Å². The second-order valence-electron chi connectivity index (χ2n) is 11.4. The molecule has 2 aromatic carbocycles. The zero-order valence-electron chi connectivity index (χ0n) is 22.6. The Morgan fingerprint density at radius 3 is 2.50 bits per heavy atom. The minimum atomic E-state index is -0.264. The highest BCUT2D eigenvalue weighted by Crippen LogP contribution is 2.35. The van der Waals surface area contributed by atoms with Crippen molar-refractivity contribution >= 4 is 10.9 Å². The number of aryl methyl sites for hydroxylation is 2. The molecule has 38 heavy (non-hydrogen) atoms. The van der Waals surface area contributed by atoms with Crippen LogP contribution in [0.2, 0.25) is 0 Å². The van der Waals surface area contributed by atoms with Crippen molar-refractivity contribution in [2.45, 2.75) is 77.3 Å². The lowest BCUT2D eigenvalue weighted by Crippen LogP contribution is -2.41. The molecule has 0 radical (unpaired) electrons. The van der Waals surface area contributed by atoms with Gasteiger partial charge in [-0.1, -0.05) is 61.7 Å². The van der Waals surface area contributed by atoms with Crippen LogP contribution in [0.25, 0.3) is 10.9 Å². The molecule has 1 saturated heterocycles. The van der Waals surface area contributed by atoms with Gasteiger partial charge in [-0.15, -0.1) is 5.10 Å². The lowest BCUT2D eigenvalue weighted by molar-refractivity contribution is 0.140. The van der Waals surface area contributed by atoms with E-state index in [0.29, 0.717) is 12.0 Å². The number of tetrazole rings is 1. The summed E-state index contributed by atoms with van der Waals surface area (Å²) in [5.41, 5.74) is 5.33. The molecule has 2 fully saturated rings. The summed E-state index contributed by atoms with van der Waals surface area (Å²) in [5, 5.41) is 14.3. The molecule has 1 saturated carbocycles. The van der Waals surface area contributed by atoms with E-state index in [1.54, 1.807) is 0 Å². The Labute approximate surface area is 224 Å². The fraction of sp³-hybridized carbons (Fsp3) is 0.484. The fourth-order valence-corrected chi connectivity index (χ4v) is 6.57. The van der Waals surface area contributed by atoms with E-state index in [1.807, 2.05) is 4.68 Å². The first-order valence-electron chi connectivity index (χ1n) is 14.3. The van der Waals surface area contributed by atoms with Crippen molar-refractivity contribution in [3.63, 3.8) is 0 Å². The van der Waals surface area contributed by atoms with Crippen LogP contribution in [0.15, 0.2) is 53.3 Å². The van der Waals surface area contributed by atoms with Crippen LogP contribution in [0.4, 0.5) is 0 Å². The van der Waals surface area contributed by atoms with Crippen molar-refractivity contribution in [1.82, 2.24) is 30.1 Å². The molecule has 1 aliphatic heterocycles. The van der Waals surface area contributed by atoms with E-state index in [9.17, 15) is 4.79 Å². The average Bonchev–Trinajstić information content (AvgIpc) is 3.43. The summed E-state index contributed by atoms with van der Waals surface area (Å²) in [6.45, 7) is 6.00. The van der Waals surface area contributed by atoms with E-state index in [2.05, 4.69) is 87.8 Å². The first kappa shape index (κ1) is 25.0. The van der Waals surface area contributed by atoms with Gasteiger partial charge in [0.25, 0.3) is 5.56 Å². The number of pyridine rings is 1. The second-order valence-corrected chi connectivity index (χ2v) is 11.4. The van der Waals surface area contributed by atoms with Crippen molar-refractivity contribution < 1.29 is 0 Å². The van der Waals surface area contributed by atoms with E-state index in [4.69, 9.17) is 0 Å². The summed E-state index contributed by atoms with van der Waals surface area (Å²) in [5.74, 6) is 1.45. The van der Waals surface area contributed by atoms with Crippen molar-refractivity contribution in [3.8, 4) is 0 Å². The molecule has 2 aliphatic rings. The van der Waals surface area contributed by atoms with Crippen LogP contribution in [-0.4, -0.2) is 43.2 Å². The molecular weight excluding hydrogens is 472 g/mol. The molecule has 0 amide bonds. The molecule has 0 unspecified atom stereocenters. The summed E-state index contributed by atoms with van der Waals surface area (Å²) >= 11 is 0. The number of piperidine rings is 1. The van der Waals surface area contributed by atoms with Gasteiger partial charge in [-0.2, -0.15) is 0 Å². The van der Waals surface area contributed by atoms with Crippen LogP contribution in [0.3, 0.4) is 0 Å². The minimum absolute atomic E-state index is 0.0409. The van der Waals surface area contributed by atoms with Crippen LogP contribution < -0.4 is 5.56 Å². The van der Waals surface area contributed by atoms with Gasteiger partial charge in [-0.25, -0.2) is 4.68 Å². The molecule has 0 bridgehead atoms. The molecular formula is C31H38N6O. The Hall–Kier alpha value is -3.32. The smallest absolute Gasteiger partial charge is 0.253 e. The summed E-state index contributed by atoms with van der Waals surface area (Å²) in [6.07, 6.45) is 9.17. The molecule has 1 N–H and O–H groups in total. The van der Waals surface area contributed by atoms with Crippen LogP contribution in [0.1, 0.15) is 85.1 Å². The molecule has 3 heterocycles. The van der Waals surface area contributed by atoms with Gasteiger partial charge in [0.2, 0.25) is 0 Å². The second kappa shape index (κ2) is 10.8. The number of nitrogens with one attached hydrogen (secondary N) is 1. The summed E-state index contributed by atoms with van der Waals surface area (Å²) < 4.78 is 2.05. The number of hydrogen-bond donors (Lipinski definition) is 1. The predicted molar refractivity (Wildman–Crippen MR) is 150 cm³/mol. The number of benzene rings is 2. The largest absolute Gasteiger partial charge is 0.321 e. The van der Waals surface area contributed by atoms with E-state index in [-0.39, 0.29) is 11.6 Å². The van der Waals surface area contributed by atoms with Crippen LogP contribution >= 0.6 is 0 Å². The third-order valence-corrected chi connectivity index (χ3v) is 8.94. The van der Waals surface area contributed by atoms with Gasteiger partial charge in [0, 0.05) is 5.56 Å². The van der Waals surface area contributed by atoms with Gasteiger partial charge in [0.15, 0.2) is 5.82 Å². The van der Waals surface area contributed by atoms with Crippen LogP contribution in [-0.2, 0) is 6.42 Å². The number of likely N-dealkylation sites (tertiary alicyclic amines) is 1. The Morgan fingerprint density at radius 1 is 0.974 bits per heavy atom. The molecule has 1 atom stereocenters. The molecule has 4 aromatic rings. The molecule has 0 spiro atoms. The lowest BCUT2D eigenvalue weighted by Gasteiger charge is -2.37. The van der Waals surface area contributed by atoms with Gasteiger partial charge in [0.1, 0.15) is 6.04 Å². The topological polar surface area (TPSA) is 79.7 Å². The number of nitrogens with zero attached hydrogens (tertiary/aromatic N) is 5. The number of aromatic amines is 1. The van der Waals surface area contributed by atoms with E-state index in [1.165, 1.54) is 30.4 Å². The van der Waals surface area contributed by atoms with E-state index in [0.717, 1.165) is 73.0 Å². The number of fused-ring (bicyclic) bond motifs is 1. The molecule has 6 rings (SSSR count). The third-order valence-electron chi connectivity index (χ3n) is 8.94. The number of hydrogen-bond acceptors (Lipinski definition) is 5. The van der Waals surface area contributed by atoms with Crippen molar-refractivity contribution in [1.29, 1.82) is 0 Å². The van der Waals surface area contributed by atoms with Crippen LogP contribution in [0, 0.1) is 19.8 Å². The third kappa shape index (κ3) is 4.92. The number of H-pyrrole nitrogens is 1. The summed E-state index contributed by atoms with van der Waals surface area (Å²) in [7, 11) is 0. The molecule has 198 valence electrons. The summed E-state index contributed by atoms with van der Waals surface area (Å²) in [4.78, 5) is 19.4. The average molecular weight is 511 g/mol. The van der Waals surface area contributed by atoms with E-state index >= 15 is 0 Å². The Morgan fingerprint density at radius 2 is 1.74 bits per heavy atom. The number of rotatable bonds is 6. The molecule has 2 aromatic heterocycles. The minimum Gasteiger partial charge on any atom is -0.321 e. The highest BCUT2D eigenvalue weighted by molar-refractivity contribution is 5.83. The fourth-order valence-electron chi connectivity index (χ4n) is 6.57. The zero-order chi connectivity index (χ0) is 26.1. The SMILES string of the molecule is Cc1ccc2cc([C@@H](c3nnnn3C3CCCCC3)N3CCC(Cc4ccccc4)CC3)c(=O)[nH]c2c1C. The Bertz CT molecular complexity index is 1440. The van der Waals surface area contributed by atoms with Crippen molar-refractivity contribution in [3.05, 3.63) is 87.0 Å². The molecule has 1 aliphatic carbocycles. The van der Waals surface area contributed by atoms with Gasteiger partial charge in [0.05, 0.1) is 11.6 Å². The number of aromatic nitrogens is 5. The van der Waals surface area contributed by atoms with Crippen LogP contribution in [0.5, 0.6) is 0 Å². The Kier molecular flexibility index (Phi) is 7.11. The lowest BCUT2D eigenvalue weighted by atomic mass is 9.88. The molecule has 7 heteroatoms. The molecule has 7 nitrogen and oxygen atoms in total. The highest BCUT2D eigenvalue weighted by Gasteiger charge is 2.35. The standard InChI is InChI=1S/C31H38N6O/c1-21-13-14-25-20-27(31(38)32-28(25)22(21)2)29(30-33-34-35-37(30)26-11-7-4-8-12-26)36-17-15-24(16-18-36)19-23-9-5-3-6-10-23/h3,5-6,9-10,13-14,20,24,26,29H,4,7-8,11-12,15-19H2,1-2H3,(H,32,38)/t29-/m0/s1. The van der Waals surface area contributed by atoms with Crippen molar-refractivity contribution in [2.24, 2.45) is 5.92 Å². The quantitative estimate of drug-likeness (QED) is 0.361. The zero-order valence-corrected chi connectivity index (χ0v) is 22.6. The maximum atomic E-state index is 13.7. The maximum Gasteiger partial charge on any atom is 0.253 e. The highest BCUT2D eigenvalue weighted by atomic mass is 16.1. The monoisotopic (exact) mass is 510 g/mol. The Balaban J connectivity index is 1.36. The van der Waals surface area contributed by atoms with Gasteiger partial charge >= 0.3 is 0 Å². The first-order chi connectivity index (χ1) is 18.6.